The standard InChI is InChI=1S/C13H29N3O/c1-4-7-16(9-8-15(2)3)13(11-14)6-5-10-17-12-13/h4-12,14H2,1-3H3. The maximum atomic E-state index is 6.04. The van der Waals surface area contributed by atoms with E-state index in [0.29, 0.717) is 6.54 Å². The summed E-state index contributed by atoms with van der Waals surface area (Å²) in [6.45, 7) is 7.93. The third-order valence-electron chi connectivity index (χ3n) is 3.66. The molecule has 0 saturated carbocycles. The van der Waals surface area contributed by atoms with Gasteiger partial charge in [-0.25, -0.2) is 0 Å². The van der Waals surface area contributed by atoms with E-state index in [1.165, 1.54) is 12.8 Å². The van der Waals surface area contributed by atoms with E-state index in [4.69, 9.17) is 10.5 Å². The Labute approximate surface area is 106 Å². The third kappa shape index (κ3) is 4.21. The summed E-state index contributed by atoms with van der Waals surface area (Å²) in [5.41, 5.74) is 6.13. The van der Waals surface area contributed by atoms with E-state index < -0.39 is 0 Å². The molecule has 0 aliphatic carbocycles. The van der Waals surface area contributed by atoms with Crippen LogP contribution in [0.15, 0.2) is 0 Å². The third-order valence-corrected chi connectivity index (χ3v) is 3.66. The highest BCUT2D eigenvalue weighted by Crippen LogP contribution is 2.25. The molecule has 0 radical (unpaired) electrons. The molecule has 1 heterocycles. The lowest BCUT2D eigenvalue weighted by molar-refractivity contribution is -0.0466. The molecule has 1 rings (SSSR count). The highest BCUT2D eigenvalue weighted by atomic mass is 16.5. The van der Waals surface area contributed by atoms with Crippen molar-refractivity contribution in [1.82, 2.24) is 9.80 Å². The Morgan fingerprint density at radius 2 is 2.00 bits per heavy atom. The monoisotopic (exact) mass is 243 g/mol. The minimum absolute atomic E-state index is 0.0876. The van der Waals surface area contributed by atoms with E-state index >= 15 is 0 Å². The molecule has 4 nitrogen and oxygen atoms in total. The molecule has 0 aromatic heterocycles. The fourth-order valence-electron chi connectivity index (χ4n) is 2.55. The maximum absolute atomic E-state index is 6.04. The number of nitrogens with two attached hydrogens (primary N) is 1. The Morgan fingerprint density at radius 1 is 1.24 bits per heavy atom. The first-order valence-corrected chi connectivity index (χ1v) is 6.82. The predicted octanol–water partition coefficient (Wildman–Crippen LogP) is 0.768. The minimum Gasteiger partial charge on any atom is -0.379 e. The summed E-state index contributed by atoms with van der Waals surface area (Å²) in [5, 5.41) is 0. The van der Waals surface area contributed by atoms with Crippen LogP contribution in [-0.2, 0) is 4.74 Å². The summed E-state index contributed by atoms with van der Waals surface area (Å²) in [5.74, 6) is 0. The second kappa shape index (κ2) is 7.31. The lowest BCUT2D eigenvalue weighted by atomic mass is 9.90. The minimum atomic E-state index is 0.0876. The number of ether oxygens (including phenoxy) is 1. The van der Waals surface area contributed by atoms with E-state index in [2.05, 4.69) is 30.8 Å². The van der Waals surface area contributed by atoms with Crippen molar-refractivity contribution in [3.05, 3.63) is 0 Å². The first-order valence-electron chi connectivity index (χ1n) is 6.82. The number of nitrogens with zero attached hydrogens (tertiary/aromatic N) is 2. The Bertz CT molecular complexity index is 203. The molecule has 2 N–H and O–H groups in total. The molecular formula is C13H29N3O. The Morgan fingerprint density at radius 3 is 2.47 bits per heavy atom. The molecule has 0 spiro atoms. The summed E-state index contributed by atoms with van der Waals surface area (Å²) >= 11 is 0. The summed E-state index contributed by atoms with van der Waals surface area (Å²) in [7, 11) is 4.24. The van der Waals surface area contributed by atoms with E-state index in [1.54, 1.807) is 0 Å². The van der Waals surface area contributed by atoms with Gasteiger partial charge in [-0.05, 0) is 39.9 Å². The zero-order valence-electron chi connectivity index (χ0n) is 11.7. The van der Waals surface area contributed by atoms with Crippen LogP contribution in [0, 0.1) is 0 Å². The van der Waals surface area contributed by atoms with Crippen molar-refractivity contribution < 1.29 is 4.74 Å². The van der Waals surface area contributed by atoms with Crippen LogP contribution in [0.2, 0.25) is 0 Å². The average Bonchev–Trinajstić information content (AvgIpc) is 2.35. The van der Waals surface area contributed by atoms with Crippen molar-refractivity contribution in [2.75, 3.05) is 53.5 Å². The van der Waals surface area contributed by atoms with Gasteiger partial charge in [-0.1, -0.05) is 6.92 Å². The Kier molecular flexibility index (Phi) is 6.41. The van der Waals surface area contributed by atoms with Crippen molar-refractivity contribution in [3.63, 3.8) is 0 Å². The van der Waals surface area contributed by atoms with Crippen LogP contribution in [-0.4, -0.2) is 68.8 Å². The molecule has 1 saturated heterocycles. The number of hydrogen-bond donors (Lipinski definition) is 1. The number of hydrogen-bond acceptors (Lipinski definition) is 4. The zero-order valence-corrected chi connectivity index (χ0v) is 11.7. The molecule has 0 amide bonds. The van der Waals surface area contributed by atoms with E-state index in [-0.39, 0.29) is 5.54 Å². The van der Waals surface area contributed by atoms with Crippen LogP contribution >= 0.6 is 0 Å². The van der Waals surface area contributed by atoms with Gasteiger partial charge in [-0.2, -0.15) is 0 Å². The van der Waals surface area contributed by atoms with Gasteiger partial charge in [-0.15, -0.1) is 0 Å². The largest absolute Gasteiger partial charge is 0.379 e. The number of rotatable bonds is 7. The molecule has 4 heteroatoms. The van der Waals surface area contributed by atoms with Crippen molar-refractivity contribution in [1.29, 1.82) is 0 Å². The molecule has 0 bridgehead atoms. The van der Waals surface area contributed by atoms with Crippen LogP contribution in [0.25, 0.3) is 0 Å². The first kappa shape index (κ1) is 14.9. The molecule has 0 aromatic carbocycles. The van der Waals surface area contributed by atoms with Gasteiger partial charge in [0.05, 0.1) is 12.1 Å². The SMILES string of the molecule is CCCN(CCN(C)C)C1(CN)CCCOC1. The quantitative estimate of drug-likeness (QED) is 0.717. The van der Waals surface area contributed by atoms with Crippen LogP contribution in [0.5, 0.6) is 0 Å². The molecule has 1 atom stereocenters. The van der Waals surface area contributed by atoms with Gasteiger partial charge in [0.1, 0.15) is 0 Å². The number of likely N-dealkylation sites (N-methyl/N-ethyl adjacent to an activating group) is 1. The van der Waals surface area contributed by atoms with Crippen molar-refractivity contribution in [2.45, 2.75) is 31.7 Å². The molecule has 1 aliphatic heterocycles. The predicted molar refractivity (Wildman–Crippen MR) is 72.3 cm³/mol. The zero-order chi connectivity index (χ0) is 12.7. The van der Waals surface area contributed by atoms with E-state index in [9.17, 15) is 0 Å². The van der Waals surface area contributed by atoms with Crippen molar-refractivity contribution in [3.8, 4) is 0 Å². The summed E-state index contributed by atoms with van der Waals surface area (Å²) < 4.78 is 5.68. The topological polar surface area (TPSA) is 41.7 Å². The smallest absolute Gasteiger partial charge is 0.0662 e. The van der Waals surface area contributed by atoms with Crippen molar-refractivity contribution >= 4 is 0 Å². The molecule has 102 valence electrons. The Hall–Kier alpha value is -0.160. The molecule has 1 fully saturated rings. The van der Waals surface area contributed by atoms with E-state index in [0.717, 1.165) is 39.3 Å². The van der Waals surface area contributed by atoms with Gasteiger partial charge in [0.15, 0.2) is 0 Å². The van der Waals surface area contributed by atoms with Gasteiger partial charge in [-0.3, -0.25) is 4.90 Å². The lowest BCUT2D eigenvalue weighted by Gasteiger charge is -2.46. The molecule has 0 aromatic rings. The fraction of sp³-hybridized carbons (Fsp3) is 1.00. The lowest BCUT2D eigenvalue weighted by Crippen LogP contribution is -2.60. The highest BCUT2D eigenvalue weighted by molar-refractivity contribution is 4.93. The molecule has 1 unspecified atom stereocenters. The summed E-state index contributed by atoms with van der Waals surface area (Å²) in [6.07, 6.45) is 3.49. The van der Waals surface area contributed by atoms with Gasteiger partial charge in [0.25, 0.3) is 0 Å². The van der Waals surface area contributed by atoms with Crippen molar-refractivity contribution in [2.24, 2.45) is 5.73 Å². The molecule has 17 heavy (non-hydrogen) atoms. The normalized spacial score (nSPS) is 25.8. The molecular weight excluding hydrogens is 214 g/mol. The van der Waals surface area contributed by atoms with E-state index in [1.807, 2.05) is 0 Å². The van der Waals surface area contributed by atoms with Gasteiger partial charge >= 0.3 is 0 Å². The summed E-state index contributed by atoms with van der Waals surface area (Å²) in [6, 6.07) is 0. The van der Waals surface area contributed by atoms with Crippen LogP contribution in [0.1, 0.15) is 26.2 Å². The van der Waals surface area contributed by atoms with Crippen LogP contribution < -0.4 is 5.73 Å². The van der Waals surface area contributed by atoms with Gasteiger partial charge in [0, 0.05) is 26.2 Å². The second-order valence-corrected chi connectivity index (χ2v) is 5.37. The highest BCUT2D eigenvalue weighted by Gasteiger charge is 2.36. The molecule has 1 aliphatic rings. The van der Waals surface area contributed by atoms with Gasteiger partial charge in [0.2, 0.25) is 0 Å². The fourth-order valence-corrected chi connectivity index (χ4v) is 2.55. The first-order chi connectivity index (χ1) is 8.14. The maximum Gasteiger partial charge on any atom is 0.0662 e. The van der Waals surface area contributed by atoms with Crippen LogP contribution in [0.4, 0.5) is 0 Å². The Balaban J connectivity index is 2.63. The van der Waals surface area contributed by atoms with Crippen LogP contribution in [0.3, 0.4) is 0 Å². The summed E-state index contributed by atoms with van der Waals surface area (Å²) in [4.78, 5) is 4.78. The average molecular weight is 243 g/mol. The van der Waals surface area contributed by atoms with Gasteiger partial charge < -0.3 is 15.4 Å². The second-order valence-electron chi connectivity index (χ2n) is 5.37.